The summed E-state index contributed by atoms with van der Waals surface area (Å²) in [5, 5.41) is 6.48. The molecule has 0 fully saturated rings. The molecule has 0 spiro atoms. The number of ether oxygens (including phenoxy) is 2. The van der Waals surface area contributed by atoms with Crippen molar-refractivity contribution in [2.45, 2.75) is 19.6 Å². The van der Waals surface area contributed by atoms with Gasteiger partial charge in [0.25, 0.3) is 0 Å². The van der Waals surface area contributed by atoms with Crippen molar-refractivity contribution in [3.05, 3.63) is 66.6 Å². The molecular formula is C22H26N4O3. The zero-order valence-electron chi connectivity index (χ0n) is 16.9. The lowest BCUT2D eigenvalue weighted by Crippen LogP contribution is -2.41. The number of benzene rings is 2. The van der Waals surface area contributed by atoms with Gasteiger partial charge in [0, 0.05) is 12.6 Å². The predicted molar refractivity (Wildman–Crippen MR) is 113 cm³/mol. The van der Waals surface area contributed by atoms with Crippen molar-refractivity contribution in [1.29, 1.82) is 0 Å². The van der Waals surface area contributed by atoms with E-state index in [0.717, 1.165) is 11.3 Å². The quantitative estimate of drug-likeness (QED) is 0.450. The summed E-state index contributed by atoms with van der Waals surface area (Å²) in [6.45, 7) is 3.06. The van der Waals surface area contributed by atoms with Crippen LogP contribution >= 0.6 is 0 Å². The molecule has 7 heteroatoms. The standard InChI is InChI=1S/C22H26N4O3/c1-16(29-20-12-8-7-11-19(20)27-3)13-24-22(23-2)25-14-18-15-28-21(26-18)17-9-5-4-6-10-17/h4-12,15-16H,13-14H2,1-3H3,(H2,23,24,25). The third kappa shape index (κ3) is 5.75. The summed E-state index contributed by atoms with van der Waals surface area (Å²) in [5.41, 5.74) is 1.74. The summed E-state index contributed by atoms with van der Waals surface area (Å²) in [6, 6.07) is 17.4. The number of nitrogens with one attached hydrogen (secondary N) is 2. The number of hydrogen-bond acceptors (Lipinski definition) is 5. The molecule has 0 saturated carbocycles. The van der Waals surface area contributed by atoms with Gasteiger partial charge in [-0.05, 0) is 31.2 Å². The van der Waals surface area contributed by atoms with E-state index in [0.29, 0.717) is 36.4 Å². The van der Waals surface area contributed by atoms with Gasteiger partial charge in [0.2, 0.25) is 5.89 Å². The third-order valence-corrected chi connectivity index (χ3v) is 4.19. The van der Waals surface area contributed by atoms with Crippen LogP contribution in [0.3, 0.4) is 0 Å². The lowest BCUT2D eigenvalue weighted by Gasteiger charge is -2.18. The molecule has 7 nitrogen and oxygen atoms in total. The van der Waals surface area contributed by atoms with E-state index in [4.69, 9.17) is 13.9 Å². The van der Waals surface area contributed by atoms with Gasteiger partial charge in [-0.15, -0.1) is 0 Å². The minimum Gasteiger partial charge on any atom is -0.493 e. The molecule has 0 amide bonds. The predicted octanol–water partition coefficient (Wildman–Crippen LogP) is 3.48. The van der Waals surface area contributed by atoms with Crippen LogP contribution in [0.4, 0.5) is 0 Å². The molecular weight excluding hydrogens is 368 g/mol. The van der Waals surface area contributed by atoms with Crippen LogP contribution in [0.2, 0.25) is 0 Å². The first-order valence-corrected chi connectivity index (χ1v) is 9.43. The molecule has 29 heavy (non-hydrogen) atoms. The molecule has 1 aromatic heterocycles. The number of nitrogens with zero attached hydrogens (tertiary/aromatic N) is 2. The van der Waals surface area contributed by atoms with E-state index < -0.39 is 0 Å². The zero-order valence-corrected chi connectivity index (χ0v) is 16.9. The second kappa shape index (κ2) is 10.2. The van der Waals surface area contributed by atoms with Crippen molar-refractivity contribution in [2.24, 2.45) is 4.99 Å². The minimum absolute atomic E-state index is 0.0819. The van der Waals surface area contributed by atoms with Gasteiger partial charge in [0.1, 0.15) is 12.4 Å². The number of hydrogen-bond donors (Lipinski definition) is 2. The van der Waals surface area contributed by atoms with Gasteiger partial charge in [-0.2, -0.15) is 0 Å². The van der Waals surface area contributed by atoms with Crippen molar-refractivity contribution in [1.82, 2.24) is 15.6 Å². The van der Waals surface area contributed by atoms with Gasteiger partial charge in [-0.1, -0.05) is 30.3 Å². The Bertz CT molecular complexity index is 925. The Balaban J connectivity index is 1.48. The van der Waals surface area contributed by atoms with Crippen LogP contribution in [0.25, 0.3) is 11.5 Å². The van der Waals surface area contributed by atoms with Crippen LogP contribution in [0.15, 0.2) is 70.3 Å². The Morgan fingerprint density at radius 1 is 1.07 bits per heavy atom. The Labute approximate surface area is 170 Å². The van der Waals surface area contributed by atoms with E-state index in [-0.39, 0.29) is 6.10 Å². The van der Waals surface area contributed by atoms with Gasteiger partial charge in [-0.3, -0.25) is 4.99 Å². The SMILES string of the molecule is CN=C(NCc1coc(-c2ccccc2)n1)NCC(C)Oc1ccccc1OC. The van der Waals surface area contributed by atoms with Crippen molar-refractivity contribution in [3.63, 3.8) is 0 Å². The van der Waals surface area contributed by atoms with Crippen molar-refractivity contribution in [3.8, 4) is 23.0 Å². The fourth-order valence-electron chi connectivity index (χ4n) is 2.71. The van der Waals surface area contributed by atoms with E-state index in [1.54, 1.807) is 20.4 Å². The van der Waals surface area contributed by atoms with Crippen LogP contribution in [0.1, 0.15) is 12.6 Å². The molecule has 0 aliphatic rings. The van der Waals surface area contributed by atoms with Gasteiger partial charge < -0.3 is 24.5 Å². The zero-order chi connectivity index (χ0) is 20.5. The minimum atomic E-state index is -0.0819. The molecule has 1 unspecified atom stereocenters. The Morgan fingerprint density at radius 3 is 2.52 bits per heavy atom. The fourth-order valence-corrected chi connectivity index (χ4v) is 2.71. The Kier molecular flexibility index (Phi) is 7.10. The maximum atomic E-state index is 5.95. The molecule has 0 bridgehead atoms. The van der Waals surface area contributed by atoms with Crippen LogP contribution in [0, 0.1) is 0 Å². The summed E-state index contributed by atoms with van der Waals surface area (Å²) < 4.78 is 16.8. The van der Waals surface area contributed by atoms with Gasteiger partial charge >= 0.3 is 0 Å². The van der Waals surface area contributed by atoms with Gasteiger partial charge in [0.15, 0.2) is 17.5 Å². The lowest BCUT2D eigenvalue weighted by molar-refractivity contribution is 0.213. The number of oxazole rings is 1. The maximum Gasteiger partial charge on any atom is 0.226 e. The first-order chi connectivity index (χ1) is 14.2. The summed E-state index contributed by atoms with van der Waals surface area (Å²) >= 11 is 0. The highest BCUT2D eigenvalue weighted by Gasteiger charge is 2.10. The smallest absolute Gasteiger partial charge is 0.226 e. The average molecular weight is 394 g/mol. The molecule has 1 atom stereocenters. The first-order valence-electron chi connectivity index (χ1n) is 9.43. The summed E-state index contributed by atoms with van der Waals surface area (Å²) in [4.78, 5) is 8.74. The highest BCUT2D eigenvalue weighted by Crippen LogP contribution is 2.26. The summed E-state index contributed by atoms with van der Waals surface area (Å²) in [5.74, 6) is 2.68. The van der Waals surface area contributed by atoms with Crippen LogP contribution < -0.4 is 20.1 Å². The number of guanidine groups is 1. The fraction of sp³-hybridized carbons (Fsp3) is 0.273. The molecule has 2 N–H and O–H groups in total. The van der Waals surface area contributed by atoms with E-state index >= 15 is 0 Å². The molecule has 0 aliphatic heterocycles. The lowest BCUT2D eigenvalue weighted by atomic mass is 10.2. The average Bonchev–Trinajstić information content (AvgIpc) is 3.24. The van der Waals surface area contributed by atoms with Gasteiger partial charge in [0.05, 0.1) is 25.9 Å². The van der Waals surface area contributed by atoms with E-state index in [1.807, 2.05) is 61.5 Å². The number of para-hydroxylation sites is 2. The van der Waals surface area contributed by atoms with Gasteiger partial charge in [-0.25, -0.2) is 4.98 Å². The number of rotatable bonds is 8. The summed E-state index contributed by atoms with van der Waals surface area (Å²) in [6.07, 6.45) is 1.57. The Morgan fingerprint density at radius 2 is 1.79 bits per heavy atom. The largest absolute Gasteiger partial charge is 0.493 e. The normalized spacial score (nSPS) is 12.3. The Hall–Kier alpha value is -3.48. The second-order valence-corrected chi connectivity index (χ2v) is 6.40. The molecule has 0 radical (unpaired) electrons. The third-order valence-electron chi connectivity index (χ3n) is 4.19. The van der Waals surface area contributed by atoms with Crippen molar-refractivity contribution < 1.29 is 13.9 Å². The molecule has 1 heterocycles. The van der Waals surface area contributed by atoms with Crippen LogP contribution in [0.5, 0.6) is 11.5 Å². The molecule has 152 valence electrons. The van der Waals surface area contributed by atoms with E-state index in [2.05, 4.69) is 20.6 Å². The molecule has 2 aromatic carbocycles. The highest BCUT2D eigenvalue weighted by atomic mass is 16.5. The second-order valence-electron chi connectivity index (χ2n) is 6.40. The highest BCUT2D eigenvalue weighted by molar-refractivity contribution is 5.79. The monoisotopic (exact) mass is 394 g/mol. The molecule has 3 rings (SSSR count). The summed E-state index contributed by atoms with van der Waals surface area (Å²) in [7, 11) is 3.35. The van der Waals surface area contributed by atoms with Crippen LogP contribution in [-0.2, 0) is 6.54 Å². The number of aromatic nitrogens is 1. The van der Waals surface area contributed by atoms with E-state index in [1.165, 1.54) is 0 Å². The topological polar surface area (TPSA) is 80.9 Å². The number of methoxy groups -OCH3 is 1. The maximum absolute atomic E-state index is 5.95. The van der Waals surface area contributed by atoms with Crippen molar-refractivity contribution in [2.75, 3.05) is 20.7 Å². The molecule has 0 saturated heterocycles. The molecule has 0 aliphatic carbocycles. The van der Waals surface area contributed by atoms with Crippen molar-refractivity contribution >= 4 is 5.96 Å². The number of aliphatic imine (C=N–C) groups is 1. The first kappa shape index (κ1) is 20.3. The molecule has 3 aromatic rings. The van der Waals surface area contributed by atoms with E-state index in [9.17, 15) is 0 Å². The van der Waals surface area contributed by atoms with Crippen LogP contribution in [-0.4, -0.2) is 37.7 Å².